The Bertz CT molecular complexity index is 1610. The van der Waals surface area contributed by atoms with Crippen LogP contribution in [0.4, 0.5) is 5.69 Å². The molecule has 10 nitrogen and oxygen atoms in total. The Morgan fingerprint density at radius 2 is 1.38 bits per heavy atom. The molecule has 0 heterocycles. The van der Waals surface area contributed by atoms with Gasteiger partial charge in [-0.1, -0.05) is 29.8 Å². The van der Waals surface area contributed by atoms with Crippen molar-refractivity contribution in [3.8, 4) is 23.0 Å². The average molecular weight is 568 g/mol. The zero-order chi connectivity index (χ0) is 30.1. The second-order valence-electron chi connectivity index (χ2n) is 8.94. The molecule has 0 unspecified atom stereocenters. The summed E-state index contributed by atoms with van der Waals surface area (Å²) < 4.78 is 21.4. The van der Waals surface area contributed by atoms with Gasteiger partial charge < -0.3 is 24.3 Å². The van der Waals surface area contributed by atoms with Crippen molar-refractivity contribution in [3.63, 3.8) is 0 Å². The molecular formula is C32H29N3O7. The van der Waals surface area contributed by atoms with E-state index in [9.17, 15) is 14.4 Å². The Kier molecular flexibility index (Phi) is 9.52. The zero-order valence-corrected chi connectivity index (χ0v) is 23.5. The van der Waals surface area contributed by atoms with E-state index >= 15 is 0 Å². The van der Waals surface area contributed by atoms with E-state index < -0.39 is 17.8 Å². The Balaban J connectivity index is 1.38. The van der Waals surface area contributed by atoms with Crippen molar-refractivity contribution >= 4 is 29.7 Å². The molecule has 0 aliphatic heterocycles. The molecule has 214 valence electrons. The normalized spacial score (nSPS) is 10.6. The molecule has 42 heavy (non-hydrogen) atoms. The molecule has 0 atom stereocenters. The molecule has 0 fully saturated rings. The van der Waals surface area contributed by atoms with E-state index in [1.54, 1.807) is 66.7 Å². The fourth-order valence-corrected chi connectivity index (χ4v) is 3.96. The summed E-state index contributed by atoms with van der Waals surface area (Å²) in [5.74, 6) is 0.000601. The zero-order valence-electron chi connectivity index (χ0n) is 23.5. The van der Waals surface area contributed by atoms with Crippen LogP contribution in [-0.4, -0.2) is 45.3 Å². The molecular weight excluding hydrogens is 538 g/mol. The number of nitrogens with one attached hydrogen (secondary N) is 2. The van der Waals surface area contributed by atoms with Crippen molar-refractivity contribution in [3.05, 3.63) is 113 Å². The van der Waals surface area contributed by atoms with Crippen LogP contribution in [0.25, 0.3) is 0 Å². The predicted octanol–water partition coefficient (Wildman–Crippen LogP) is 5.26. The minimum Gasteiger partial charge on any atom is -0.493 e. The number of hydrazone groups is 1. The van der Waals surface area contributed by atoms with E-state index in [4.69, 9.17) is 18.9 Å². The number of rotatable bonds is 10. The molecule has 2 N–H and O–H groups in total. The van der Waals surface area contributed by atoms with Crippen LogP contribution in [0, 0.1) is 6.92 Å². The number of methoxy groups -OCH3 is 3. The quantitative estimate of drug-likeness (QED) is 0.116. The number of hydrogen-bond donors (Lipinski definition) is 2. The summed E-state index contributed by atoms with van der Waals surface area (Å²) in [5.41, 5.74) is 5.41. The first kappa shape index (κ1) is 29.3. The van der Waals surface area contributed by atoms with E-state index in [-0.39, 0.29) is 0 Å². The van der Waals surface area contributed by atoms with Crippen molar-refractivity contribution < 1.29 is 33.3 Å². The summed E-state index contributed by atoms with van der Waals surface area (Å²) in [5, 5.41) is 6.78. The third kappa shape index (κ3) is 7.11. The van der Waals surface area contributed by atoms with Crippen LogP contribution >= 0.6 is 0 Å². The summed E-state index contributed by atoms with van der Waals surface area (Å²) >= 11 is 0. The molecule has 0 saturated carbocycles. The summed E-state index contributed by atoms with van der Waals surface area (Å²) in [6.07, 6.45) is 1.39. The summed E-state index contributed by atoms with van der Waals surface area (Å²) in [4.78, 5) is 38.0. The standard InChI is InChI=1S/C32H29N3O7/c1-20-8-7-10-22(16-20)32(38)42-26-11-6-5-9-23(26)19-33-35-31(37)21-12-14-25(15-13-21)34-30(36)24-17-27(39-2)29(41-4)28(18-24)40-3/h5-19H,1-4H3,(H,34,36)(H,35,37)/b33-19-. The van der Waals surface area contributed by atoms with Crippen molar-refractivity contribution in [2.45, 2.75) is 6.92 Å². The van der Waals surface area contributed by atoms with E-state index in [1.165, 1.54) is 39.7 Å². The molecule has 0 radical (unpaired) electrons. The maximum Gasteiger partial charge on any atom is 0.343 e. The smallest absolute Gasteiger partial charge is 0.343 e. The van der Waals surface area contributed by atoms with E-state index in [1.807, 2.05) is 13.0 Å². The molecule has 2 amide bonds. The Morgan fingerprint density at radius 3 is 2.02 bits per heavy atom. The van der Waals surface area contributed by atoms with Gasteiger partial charge in [0, 0.05) is 22.4 Å². The maximum atomic E-state index is 12.8. The molecule has 10 heteroatoms. The van der Waals surface area contributed by atoms with Gasteiger partial charge in [0.1, 0.15) is 5.75 Å². The Hall–Kier alpha value is -5.64. The third-order valence-corrected chi connectivity index (χ3v) is 6.08. The maximum absolute atomic E-state index is 12.8. The van der Waals surface area contributed by atoms with Crippen LogP contribution in [0.5, 0.6) is 23.0 Å². The number of carbonyl (C=O) groups is 3. The molecule has 0 saturated heterocycles. The molecule has 0 aliphatic rings. The van der Waals surface area contributed by atoms with Crippen molar-refractivity contribution in [2.24, 2.45) is 5.10 Å². The fourth-order valence-electron chi connectivity index (χ4n) is 3.96. The number of esters is 1. The van der Waals surface area contributed by atoms with Crippen LogP contribution < -0.4 is 29.7 Å². The highest BCUT2D eigenvalue weighted by molar-refractivity contribution is 6.05. The van der Waals surface area contributed by atoms with Crippen LogP contribution in [0.1, 0.15) is 42.2 Å². The van der Waals surface area contributed by atoms with Crippen LogP contribution in [-0.2, 0) is 0 Å². The lowest BCUT2D eigenvalue weighted by Crippen LogP contribution is -2.18. The van der Waals surface area contributed by atoms with Gasteiger partial charge in [0.15, 0.2) is 11.5 Å². The highest BCUT2D eigenvalue weighted by Gasteiger charge is 2.17. The van der Waals surface area contributed by atoms with E-state index in [2.05, 4.69) is 15.8 Å². The fraction of sp³-hybridized carbons (Fsp3) is 0.125. The topological polar surface area (TPSA) is 125 Å². The Morgan fingerprint density at radius 1 is 0.690 bits per heavy atom. The first-order valence-corrected chi connectivity index (χ1v) is 12.8. The number of hydrogen-bond acceptors (Lipinski definition) is 8. The number of amides is 2. The SMILES string of the molecule is COc1cc(C(=O)Nc2ccc(C(=O)N/N=C\c3ccccc3OC(=O)c3cccc(C)c3)cc2)cc(OC)c1OC. The van der Waals surface area contributed by atoms with Crippen LogP contribution in [0.2, 0.25) is 0 Å². The lowest BCUT2D eigenvalue weighted by Gasteiger charge is -2.14. The number of aryl methyl sites for hydroxylation is 1. The molecule has 0 aliphatic carbocycles. The first-order chi connectivity index (χ1) is 20.3. The van der Waals surface area contributed by atoms with Gasteiger partial charge >= 0.3 is 5.97 Å². The lowest BCUT2D eigenvalue weighted by atomic mass is 10.1. The highest BCUT2D eigenvalue weighted by atomic mass is 16.5. The largest absolute Gasteiger partial charge is 0.493 e. The first-order valence-electron chi connectivity index (χ1n) is 12.8. The van der Waals surface area contributed by atoms with Crippen LogP contribution in [0.3, 0.4) is 0 Å². The van der Waals surface area contributed by atoms with Gasteiger partial charge in [0.25, 0.3) is 11.8 Å². The molecule has 0 bridgehead atoms. The van der Waals surface area contributed by atoms with Gasteiger partial charge in [-0.2, -0.15) is 5.10 Å². The summed E-state index contributed by atoms with van der Waals surface area (Å²) in [6.45, 7) is 1.89. The van der Waals surface area contributed by atoms with Crippen molar-refractivity contribution in [1.82, 2.24) is 5.43 Å². The van der Waals surface area contributed by atoms with Crippen LogP contribution in [0.15, 0.2) is 90.0 Å². The molecule has 4 aromatic rings. The minimum atomic E-state index is -0.499. The highest BCUT2D eigenvalue weighted by Crippen LogP contribution is 2.38. The van der Waals surface area contributed by atoms with Gasteiger partial charge in [0.05, 0.1) is 33.1 Å². The second-order valence-corrected chi connectivity index (χ2v) is 8.94. The van der Waals surface area contributed by atoms with Gasteiger partial charge in [-0.05, 0) is 67.6 Å². The monoisotopic (exact) mass is 567 g/mol. The van der Waals surface area contributed by atoms with E-state index in [0.717, 1.165) is 5.56 Å². The Labute approximate surface area is 242 Å². The number of nitrogens with zero attached hydrogens (tertiary/aromatic N) is 1. The van der Waals surface area contributed by atoms with Gasteiger partial charge in [0.2, 0.25) is 5.75 Å². The second kappa shape index (κ2) is 13.6. The molecule has 4 rings (SSSR count). The third-order valence-electron chi connectivity index (χ3n) is 6.08. The van der Waals surface area contributed by atoms with Gasteiger partial charge in [-0.25, -0.2) is 10.2 Å². The van der Waals surface area contributed by atoms with E-state index in [0.29, 0.717) is 50.9 Å². The van der Waals surface area contributed by atoms with Crippen molar-refractivity contribution in [2.75, 3.05) is 26.6 Å². The summed E-state index contributed by atoms with van der Waals surface area (Å²) in [6, 6.07) is 23.3. The minimum absolute atomic E-state index is 0.297. The lowest BCUT2D eigenvalue weighted by molar-refractivity contribution is 0.0733. The molecule has 0 aromatic heterocycles. The average Bonchev–Trinajstić information content (AvgIpc) is 3.01. The molecule has 0 spiro atoms. The number of para-hydroxylation sites is 1. The molecule has 4 aromatic carbocycles. The number of ether oxygens (including phenoxy) is 4. The van der Waals surface area contributed by atoms with Crippen molar-refractivity contribution in [1.29, 1.82) is 0 Å². The number of carbonyl (C=O) groups excluding carboxylic acids is 3. The van der Waals surface area contributed by atoms with Gasteiger partial charge in [-0.15, -0.1) is 0 Å². The summed E-state index contributed by atoms with van der Waals surface area (Å²) in [7, 11) is 4.41. The van der Waals surface area contributed by atoms with Gasteiger partial charge in [-0.3, -0.25) is 9.59 Å². The number of anilines is 1. The number of benzene rings is 4. The predicted molar refractivity (Wildman–Crippen MR) is 158 cm³/mol.